The number of esters is 8. The highest BCUT2D eigenvalue weighted by Gasteiger charge is 2.54. The van der Waals surface area contributed by atoms with E-state index in [2.05, 4.69) is 41.2 Å². The number of aliphatic hydroxyl groups excluding tert-OH is 2. The summed E-state index contributed by atoms with van der Waals surface area (Å²) in [7, 11) is 0. The average Bonchev–Trinajstić information content (AvgIpc) is 1.16. The molecule has 0 bridgehead atoms. The third kappa shape index (κ3) is 30.9. The van der Waals surface area contributed by atoms with E-state index in [4.69, 9.17) is 94.7 Å². The Morgan fingerprint density at radius 1 is 0.359 bits per heavy atom. The summed E-state index contributed by atoms with van der Waals surface area (Å²) in [6.45, 7) is 10.9. The highest BCUT2D eigenvalue weighted by molar-refractivity contribution is 5.70. The van der Waals surface area contributed by atoms with Crippen molar-refractivity contribution in [1.29, 1.82) is 0 Å². The molecule has 2 aliphatic heterocycles. The van der Waals surface area contributed by atoms with Crippen LogP contribution in [0.15, 0.2) is 24.8 Å². The summed E-state index contributed by atoms with van der Waals surface area (Å²) in [5.41, 5.74) is 0.541. The van der Waals surface area contributed by atoms with Gasteiger partial charge in [-0.2, -0.15) is 0 Å². The maximum absolute atomic E-state index is 12.3. The topological polar surface area (TPSA) is 484 Å². The Morgan fingerprint density at radius 3 is 0.893 bits per heavy atom. The second-order valence-electron chi connectivity index (χ2n) is 23.1. The van der Waals surface area contributed by atoms with Crippen molar-refractivity contribution in [3.05, 3.63) is 47.6 Å². The van der Waals surface area contributed by atoms with Crippen LogP contribution in [-0.2, 0) is 186 Å². The third-order valence-electron chi connectivity index (χ3n) is 14.3. The molecule has 0 aliphatic carbocycles. The van der Waals surface area contributed by atoms with E-state index in [-0.39, 0.29) is 145 Å². The number of hydrogen-bond acceptors (Lipinski definition) is 38. The summed E-state index contributed by atoms with van der Waals surface area (Å²) in [5, 5.41) is 51.0. The van der Waals surface area contributed by atoms with Gasteiger partial charge in [-0.25, -0.2) is 18.7 Å². The molecule has 0 aromatic carbocycles. The molecule has 2 N–H and O–H groups in total. The van der Waals surface area contributed by atoms with Crippen LogP contribution in [-0.4, -0.2) is 298 Å². The first-order valence-electron chi connectivity index (χ1n) is 32.8. The van der Waals surface area contributed by atoms with Crippen LogP contribution in [0.3, 0.4) is 0 Å². The number of aromatic nitrogens is 12. The van der Waals surface area contributed by atoms with Crippen molar-refractivity contribution >= 4 is 47.8 Å². The van der Waals surface area contributed by atoms with Gasteiger partial charge in [0.25, 0.3) is 0 Å². The van der Waals surface area contributed by atoms with E-state index in [1.54, 1.807) is 34.2 Å². The van der Waals surface area contributed by atoms with E-state index < -0.39 is 128 Å². The van der Waals surface area contributed by atoms with Crippen LogP contribution in [0.5, 0.6) is 0 Å². The Bertz CT molecular complexity index is 3020. The fourth-order valence-electron chi connectivity index (χ4n) is 9.97. The van der Waals surface area contributed by atoms with Crippen molar-refractivity contribution < 1.29 is 143 Å². The monoisotopic (exact) mass is 1470 g/mol. The van der Waals surface area contributed by atoms with Gasteiger partial charge >= 0.3 is 47.8 Å². The number of nitrogens with zero attached hydrogens (tertiary/aromatic N) is 12. The zero-order valence-corrected chi connectivity index (χ0v) is 58.7. The Morgan fingerprint density at radius 2 is 0.621 bits per heavy atom. The zero-order chi connectivity index (χ0) is 74.5. The third-order valence-corrected chi connectivity index (χ3v) is 14.3. The lowest BCUT2D eigenvalue weighted by Crippen LogP contribution is -2.62. The van der Waals surface area contributed by atoms with Gasteiger partial charge in [-0.3, -0.25) is 38.4 Å². The largest absolute Gasteiger partial charge is 0.463 e. The molecule has 4 aromatic rings. The number of carbonyl (C=O) groups is 8. The van der Waals surface area contributed by atoms with Gasteiger partial charge in [0.05, 0.1) is 189 Å². The smallest absolute Gasteiger partial charge is 0.303 e. The molecule has 10 atom stereocenters. The molecule has 103 heavy (non-hydrogen) atoms. The molecule has 2 fully saturated rings. The molecule has 0 unspecified atom stereocenters. The van der Waals surface area contributed by atoms with Crippen LogP contribution in [0.1, 0.15) is 78.2 Å². The first-order chi connectivity index (χ1) is 49.5. The van der Waals surface area contributed by atoms with E-state index in [0.717, 1.165) is 55.4 Å². The lowest BCUT2D eigenvalue weighted by atomic mass is 9.92. The van der Waals surface area contributed by atoms with Crippen molar-refractivity contribution in [2.24, 2.45) is 5.41 Å². The molecule has 0 radical (unpaired) electrons. The number of rotatable bonds is 50. The maximum atomic E-state index is 12.3. The predicted molar refractivity (Wildman–Crippen MR) is 334 cm³/mol. The van der Waals surface area contributed by atoms with E-state index in [0.29, 0.717) is 35.9 Å². The quantitative estimate of drug-likeness (QED) is 0.0261. The molecule has 4 aromatic heterocycles. The normalized spacial score (nSPS) is 20.4. The molecular weight excluding hydrogens is 1380 g/mol. The number of carbonyl (C=O) groups excluding carboxylic acids is 8. The standard InChI is InChI=1S/C61H92N12O30/c1-39(76)92-33-51-53(96-41(3)78)55(98-43(5)80)57(100-45(7)82)59(102-51)94-31-49-27-72(68-64-49)11-15-86-19-23-90-37-61(35-88-21-17-84-13-9-70-25-47(29-74)62-66-70,36-89-22-18-85-14-10-71-26-48(30-75)63-67-71)38-91-24-20-87-16-12-73-28-50(65-69-73)32-95-60-58(101-46(8)83)56(99-44(6)81)54(97-42(4)79)52(103-60)34-93-40(2)77/h25-28,51-60,74-75H,9-24,29-38H2,1-8H3/t51-,52-,53-,54-,55+,56+,57+,58+,59+,60+/m1/s1. The SMILES string of the molecule is CC(=O)OC[C@H]1O[C@H](OCc2cn(CCOCCOCC(COCCOCCn3cc(CO)nn3)(COCCOCCn3cc(CO)nn3)COCCOCCn3cc(CO[C@H]4O[C@H](COC(C)=O)[C@@H](OC(C)=O)[C@H](OC(C)=O)[C@@H]4OC(C)=O)nn3)nn2)[C@@H](OC(C)=O)[C@@H](OC(C)=O)[C@@H]1OC(C)=O. The lowest BCUT2D eigenvalue weighted by molar-refractivity contribution is -0.310. The summed E-state index contributed by atoms with van der Waals surface area (Å²) >= 11 is 0. The molecule has 2 saturated heterocycles. The number of aliphatic hydroxyl groups is 2. The van der Waals surface area contributed by atoms with Gasteiger partial charge in [0.15, 0.2) is 49.2 Å². The van der Waals surface area contributed by atoms with E-state index >= 15 is 0 Å². The fourth-order valence-corrected chi connectivity index (χ4v) is 9.97. The Hall–Kier alpha value is -8.24. The van der Waals surface area contributed by atoms with Gasteiger partial charge in [0, 0.05) is 55.4 Å². The van der Waals surface area contributed by atoms with Crippen molar-refractivity contribution in [3.63, 3.8) is 0 Å². The minimum atomic E-state index is -1.44. The van der Waals surface area contributed by atoms with Gasteiger partial charge in [-0.1, -0.05) is 20.9 Å². The van der Waals surface area contributed by atoms with Crippen LogP contribution >= 0.6 is 0 Å². The molecule has 42 nitrogen and oxygen atoms in total. The molecule has 6 heterocycles. The van der Waals surface area contributed by atoms with Crippen molar-refractivity contribution in [2.75, 3.05) is 119 Å². The van der Waals surface area contributed by atoms with E-state index in [9.17, 15) is 48.6 Å². The van der Waals surface area contributed by atoms with Crippen molar-refractivity contribution in [1.82, 2.24) is 60.0 Å². The second-order valence-corrected chi connectivity index (χ2v) is 23.1. The van der Waals surface area contributed by atoms with Gasteiger partial charge in [0.1, 0.15) is 48.2 Å². The summed E-state index contributed by atoms with van der Waals surface area (Å²) in [4.78, 5) is 97.0. The first kappa shape index (κ1) is 83.7. The number of hydrogen-bond donors (Lipinski definition) is 2. The van der Waals surface area contributed by atoms with Crippen LogP contribution in [0, 0.1) is 5.41 Å². The molecule has 2 aliphatic rings. The minimum absolute atomic E-state index is 0.0654. The summed E-state index contributed by atoms with van der Waals surface area (Å²) in [6.07, 6.45) is -7.37. The molecule has 6 rings (SSSR count). The molecule has 0 spiro atoms. The summed E-state index contributed by atoms with van der Waals surface area (Å²) in [5.74, 6) is -6.09. The summed E-state index contributed by atoms with van der Waals surface area (Å²) < 4.78 is 122. The van der Waals surface area contributed by atoms with Gasteiger partial charge in [-0.15, -0.1) is 20.4 Å². The fraction of sp³-hybridized carbons (Fsp3) is 0.738. The Balaban J connectivity index is 1.04. The van der Waals surface area contributed by atoms with Crippen molar-refractivity contribution in [2.45, 2.75) is 169 Å². The lowest BCUT2D eigenvalue weighted by Gasteiger charge is -2.43. The Labute approximate surface area is 590 Å². The molecule has 576 valence electrons. The number of ether oxygens (including phenoxy) is 20. The highest BCUT2D eigenvalue weighted by Crippen LogP contribution is 2.32. The zero-order valence-electron chi connectivity index (χ0n) is 58.7. The van der Waals surface area contributed by atoms with Crippen molar-refractivity contribution in [3.8, 4) is 0 Å². The van der Waals surface area contributed by atoms with Gasteiger partial charge in [-0.05, 0) is 0 Å². The van der Waals surface area contributed by atoms with E-state index in [1.165, 1.54) is 9.36 Å². The first-order valence-corrected chi connectivity index (χ1v) is 32.8. The average molecular weight is 1470 g/mol. The molecule has 42 heteroatoms. The molecular formula is C61H92N12O30. The second kappa shape index (κ2) is 45.1. The van der Waals surface area contributed by atoms with Crippen LogP contribution in [0.2, 0.25) is 0 Å². The molecule has 0 amide bonds. The maximum Gasteiger partial charge on any atom is 0.303 e. The Kier molecular flexibility index (Phi) is 36.6. The predicted octanol–water partition coefficient (Wildman–Crippen LogP) is -2.54. The highest BCUT2D eigenvalue weighted by atomic mass is 16.8. The minimum Gasteiger partial charge on any atom is -0.463 e. The van der Waals surface area contributed by atoms with E-state index in [1.807, 2.05) is 0 Å². The van der Waals surface area contributed by atoms with Crippen LogP contribution in [0.4, 0.5) is 0 Å². The van der Waals surface area contributed by atoms with Gasteiger partial charge in [0.2, 0.25) is 0 Å². The molecule has 0 saturated carbocycles. The van der Waals surface area contributed by atoms with Gasteiger partial charge < -0.3 is 105 Å². The van der Waals surface area contributed by atoms with Crippen LogP contribution in [0.25, 0.3) is 0 Å². The van der Waals surface area contributed by atoms with Crippen LogP contribution < -0.4 is 0 Å². The summed E-state index contributed by atoms with van der Waals surface area (Å²) in [6, 6.07) is 0.